The Bertz CT molecular complexity index is 628. The lowest BCUT2D eigenvalue weighted by atomic mass is 10.0. The Labute approximate surface area is 112 Å². The van der Waals surface area contributed by atoms with Gasteiger partial charge >= 0.3 is 0 Å². The van der Waals surface area contributed by atoms with Gasteiger partial charge in [0.2, 0.25) is 5.91 Å². The molecule has 0 aliphatic heterocycles. The number of rotatable bonds is 3. The molecular formula is C16H16N2O. The lowest BCUT2D eigenvalue weighted by Crippen LogP contribution is -2.14. The second kappa shape index (κ2) is 5.22. The van der Waals surface area contributed by atoms with Crippen molar-refractivity contribution < 1.29 is 4.79 Å². The van der Waals surface area contributed by atoms with Gasteiger partial charge in [0.15, 0.2) is 0 Å². The van der Waals surface area contributed by atoms with Crippen molar-refractivity contribution in [3.63, 3.8) is 0 Å². The zero-order chi connectivity index (χ0) is 13.1. The molecule has 3 rings (SSSR count). The van der Waals surface area contributed by atoms with Crippen LogP contribution >= 0.6 is 0 Å². The lowest BCUT2D eigenvalue weighted by molar-refractivity contribution is -0.116. The van der Waals surface area contributed by atoms with Crippen molar-refractivity contribution in [1.29, 1.82) is 0 Å². The highest BCUT2D eigenvalue weighted by molar-refractivity contribution is 6.01. The molecule has 0 fully saturated rings. The minimum Gasteiger partial charge on any atom is -0.325 e. The van der Waals surface area contributed by atoms with Gasteiger partial charge in [-0.05, 0) is 30.9 Å². The smallest absolute Gasteiger partial charge is 0.224 e. The van der Waals surface area contributed by atoms with Gasteiger partial charge in [0, 0.05) is 35.3 Å². The summed E-state index contributed by atoms with van der Waals surface area (Å²) >= 11 is 0. The number of benzene rings is 1. The Morgan fingerprint density at radius 1 is 1.37 bits per heavy atom. The molecule has 3 nitrogen and oxygen atoms in total. The van der Waals surface area contributed by atoms with Crippen molar-refractivity contribution in [3.8, 4) is 0 Å². The molecular weight excluding hydrogens is 236 g/mol. The van der Waals surface area contributed by atoms with Gasteiger partial charge in [-0.3, -0.25) is 9.78 Å². The molecule has 1 amide bonds. The van der Waals surface area contributed by atoms with Crippen LogP contribution in [-0.4, -0.2) is 10.9 Å². The summed E-state index contributed by atoms with van der Waals surface area (Å²) < 4.78 is 0. The number of carbonyl (C=O) groups is 1. The van der Waals surface area contributed by atoms with Crippen LogP contribution in [-0.2, 0) is 4.79 Å². The molecule has 1 aliphatic carbocycles. The van der Waals surface area contributed by atoms with Crippen LogP contribution in [0.3, 0.4) is 0 Å². The summed E-state index contributed by atoms with van der Waals surface area (Å²) in [6.45, 7) is 0. The van der Waals surface area contributed by atoms with Crippen LogP contribution in [0.25, 0.3) is 10.8 Å². The molecule has 0 saturated carbocycles. The molecule has 19 heavy (non-hydrogen) atoms. The topological polar surface area (TPSA) is 42.0 Å². The molecule has 3 heteroatoms. The molecule has 0 unspecified atom stereocenters. The van der Waals surface area contributed by atoms with Gasteiger partial charge in [0.1, 0.15) is 0 Å². The molecule has 1 atom stereocenters. The monoisotopic (exact) mass is 252 g/mol. The van der Waals surface area contributed by atoms with Gasteiger partial charge < -0.3 is 5.32 Å². The Balaban J connectivity index is 1.77. The van der Waals surface area contributed by atoms with Crippen LogP contribution in [0.4, 0.5) is 5.69 Å². The predicted molar refractivity (Wildman–Crippen MR) is 76.9 cm³/mol. The Morgan fingerprint density at radius 3 is 3.16 bits per heavy atom. The highest BCUT2D eigenvalue weighted by Gasteiger charge is 2.14. The molecule has 1 aliphatic rings. The molecule has 0 bridgehead atoms. The highest BCUT2D eigenvalue weighted by Crippen LogP contribution is 2.24. The number of nitrogens with zero attached hydrogens (tertiary/aromatic N) is 1. The maximum absolute atomic E-state index is 12.1. The minimum absolute atomic E-state index is 0.0841. The molecule has 0 saturated heterocycles. The average Bonchev–Trinajstić information content (AvgIpc) is 2.92. The van der Waals surface area contributed by atoms with E-state index in [9.17, 15) is 4.79 Å². The fraction of sp³-hybridized carbons (Fsp3) is 0.250. The van der Waals surface area contributed by atoms with Crippen LogP contribution in [0.15, 0.2) is 48.8 Å². The van der Waals surface area contributed by atoms with Crippen LogP contribution < -0.4 is 5.32 Å². The number of aromatic nitrogens is 1. The van der Waals surface area contributed by atoms with Gasteiger partial charge in [-0.25, -0.2) is 0 Å². The first kappa shape index (κ1) is 11.9. The van der Waals surface area contributed by atoms with Gasteiger partial charge in [0.25, 0.3) is 0 Å². The standard InChI is InChI=1S/C16H16N2O/c19-16(10-12-4-1-2-5-12)18-15-7-3-6-13-11-17-9-8-14(13)15/h1,3-4,6-9,11-12H,2,5,10H2,(H,18,19)/t12-/m0/s1. The van der Waals surface area contributed by atoms with Gasteiger partial charge in [-0.1, -0.05) is 24.3 Å². The number of pyridine rings is 1. The predicted octanol–water partition coefficient (Wildman–Crippen LogP) is 3.53. The summed E-state index contributed by atoms with van der Waals surface area (Å²) in [5.41, 5.74) is 0.867. The van der Waals surface area contributed by atoms with Crippen LogP contribution in [0.5, 0.6) is 0 Å². The first-order valence-corrected chi connectivity index (χ1v) is 6.62. The highest BCUT2D eigenvalue weighted by atomic mass is 16.1. The molecule has 0 radical (unpaired) electrons. The molecule has 96 valence electrons. The number of nitrogens with one attached hydrogen (secondary N) is 1. The van der Waals surface area contributed by atoms with E-state index < -0.39 is 0 Å². The molecule has 0 spiro atoms. The summed E-state index contributed by atoms with van der Waals surface area (Å²) in [7, 11) is 0. The van der Waals surface area contributed by atoms with Crippen LogP contribution in [0.1, 0.15) is 19.3 Å². The first-order valence-electron chi connectivity index (χ1n) is 6.62. The maximum Gasteiger partial charge on any atom is 0.224 e. The quantitative estimate of drug-likeness (QED) is 0.849. The van der Waals surface area contributed by atoms with Crippen LogP contribution in [0, 0.1) is 5.92 Å². The van der Waals surface area contributed by atoms with E-state index >= 15 is 0 Å². The third-order valence-electron chi connectivity index (χ3n) is 3.51. The largest absolute Gasteiger partial charge is 0.325 e. The van der Waals surface area contributed by atoms with E-state index in [1.807, 2.05) is 30.5 Å². The Morgan fingerprint density at radius 2 is 2.32 bits per heavy atom. The Kier molecular flexibility index (Phi) is 3.27. The van der Waals surface area contributed by atoms with Gasteiger partial charge in [-0.15, -0.1) is 0 Å². The van der Waals surface area contributed by atoms with E-state index in [0.717, 1.165) is 29.3 Å². The summed E-state index contributed by atoms with van der Waals surface area (Å²) in [6, 6.07) is 7.80. The third kappa shape index (κ3) is 2.65. The van der Waals surface area contributed by atoms with E-state index in [2.05, 4.69) is 22.5 Å². The van der Waals surface area contributed by atoms with Crippen molar-refractivity contribution in [2.45, 2.75) is 19.3 Å². The average molecular weight is 252 g/mol. The zero-order valence-electron chi connectivity index (χ0n) is 10.7. The number of fused-ring (bicyclic) bond motifs is 1. The van der Waals surface area contributed by atoms with Gasteiger partial charge in [0.05, 0.1) is 0 Å². The number of anilines is 1. The second-order valence-electron chi connectivity index (χ2n) is 4.92. The van der Waals surface area contributed by atoms with E-state index in [1.54, 1.807) is 6.20 Å². The summed E-state index contributed by atoms with van der Waals surface area (Å²) in [6.07, 6.45) is 10.6. The van der Waals surface area contributed by atoms with Crippen molar-refractivity contribution in [3.05, 3.63) is 48.8 Å². The summed E-state index contributed by atoms with van der Waals surface area (Å²) in [5.74, 6) is 0.484. The van der Waals surface area contributed by atoms with Crippen LogP contribution in [0.2, 0.25) is 0 Å². The molecule has 2 aromatic rings. The second-order valence-corrected chi connectivity index (χ2v) is 4.92. The van der Waals surface area contributed by atoms with E-state index in [1.165, 1.54) is 0 Å². The number of hydrogen-bond acceptors (Lipinski definition) is 2. The maximum atomic E-state index is 12.1. The first-order chi connectivity index (χ1) is 9.33. The number of carbonyl (C=O) groups excluding carboxylic acids is 1. The summed E-state index contributed by atoms with van der Waals surface area (Å²) in [4.78, 5) is 16.1. The molecule has 1 heterocycles. The van der Waals surface area contributed by atoms with Crippen molar-refractivity contribution >= 4 is 22.4 Å². The SMILES string of the molecule is O=C(C[C@H]1C=CCC1)Nc1cccc2cnccc12. The summed E-state index contributed by atoms with van der Waals surface area (Å²) in [5, 5.41) is 5.09. The van der Waals surface area contributed by atoms with Gasteiger partial charge in [-0.2, -0.15) is 0 Å². The van der Waals surface area contributed by atoms with E-state index in [4.69, 9.17) is 0 Å². The fourth-order valence-electron chi connectivity index (χ4n) is 2.54. The van der Waals surface area contributed by atoms with E-state index in [0.29, 0.717) is 12.3 Å². The van der Waals surface area contributed by atoms with Crippen molar-refractivity contribution in [2.75, 3.05) is 5.32 Å². The molecule has 1 N–H and O–H groups in total. The fourth-order valence-corrected chi connectivity index (χ4v) is 2.54. The number of hydrogen-bond donors (Lipinski definition) is 1. The minimum atomic E-state index is 0.0841. The number of allylic oxidation sites excluding steroid dienone is 2. The zero-order valence-corrected chi connectivity index (χ0v) is 10.7. The Hall–Kier alpha value is -2.16. The molecule has 1 aromatic heterocycles. The van der Waals surface area contributed by atoms with E-state index in [-0.39, 0.29) is 5.91 Å². The lowest BCUT2D eigenvalue weighted by Gasteiger charge is -2.10. The third-order valence-corrected chi connectivity index (χ3v) is 3.51. The van der Waals surface area contributed by atoms with Crippen molar-refractivity contribution in [1.82, 2.24) is 4.98 Å². The molecule has 1 aromatic carbocycles. The van der Waals surface area contributed by atoms with Crippen molar-refractivity contribution in [2.24, 2.45) is 5.92 Å². The normalized spacial score (nSPS) is 17.8. The number of amides is 1.